The number of hydrogen-bond acceptors (Lipinski definition) is 2. The molecule has 0 heterocycles. The molecule has 1 aromatic carbocycles. The van der Waals surface area contributed by atoms with Gasteiger partial charge in [-0.25, -0.2) is 18.0 Å². The van der Waals surface area contributed by atoms with Gasteiger partial charge in [0.1, 0.15) is 6.54 Å². The van der Waals surface area contributed by atoms with Crippen LogP contribution in [0.1, 0.15) is 0 Å². The molecule has 0 aliphatic heterocycles. The fourth-order valence-electron chi connectivity index (χ4n) is 1.29. The number of benzene rings is 1. The molecule has 2 amide bonds. The number of carboxylic acid groups (broad SMARTS) is 1. The summed E-state index contributed by atoms with van der Waals surface area (Å²) in [5, 5.41) is 10.5. The summed E-state index contributed by atoms with van der Waals surface area (Å²) in [6.07, 6.45) is 4.96. The van der Waals surface area contributed by atoms with Gasteiger partial charge in [0.2, 0.25) is 0 Å². The van der Waals surface area contributed by atoms with Crippen LogP contribution in [-0.2, 0) is 4.79 Å². The Kier molecular flexibility index (Phi) is 4.97. The molecule has 0 radical (unpaired) electrons. The molecule has 0 aliphatic carbocycles. The lowest BCUT2D eigenvalue weighted by Gasteiger charge is -2.18. The van der Waals surface area contributed by atoms with E-state index in [4.69, 9.17) is 11.5 Å². The first kappa shape index (κ1) is 15.4. The number of nitrogens with zero attached hydrogens (tertiary/aromatic N) is 1. The van der Waals surface area contributed by atoms with Crippen molar-refractivity contribution in [2.24, 2.45) is 0 Å². The Morgan fingerprint density at radius 3 is 2.50 bits per heavy atom. The predicted octanol–water partition coefficient (Wildman–Crippen LogP) is 1.66. The Bertz CT molecular complexity index is 584. The standard InChI is InChI=1S/C12H9F3N2O3/c1-2-5-17(6-9(18)19)12(20)16-8-4-3-7(13)10(14)11(8)15/h1,3-4H,5-6H2,(H,16,20)(H,18,19). The van der Waals surface area contributed by atoms with Crippen LogP contribution < -0.4 is 5.32 Å². The van der Waals surface area contributed by atoms with Crippen LogP contribution >= 0.6 is 0 Å². The maximum absolute atomic E-state index is 13.3. The highest BCUT2D eigenvalue weighted by molar-refractivity contribution is 5.91. The molecular weight excluding hydrogens is 277 g/mol. The van der Waals surface area contributed by atoms with E-state index in [9.17, 15) is 22.8 Å². The largest absolute Gasteiger partial charge is 0.480 e. The van der Waals surface area contributed by atoms with E-state index < -0.39 is 41.7 Å². The number of urea groups is 1. The van der Waals surface area contributed by atoms with Crippen molar-refractivity contribution in [2.75, 3.05) is 18.4 Å². The van der Waals surface area contributed by atoms with Crippen LogP contribution in [0.15, 0.2) is 12.1 Å². The molecule has 0 spiro atoms. The van der Waals surface area contributed by atoms with Gasteiger partial charge < -0.3 is 15.3 Å². The van der Waals surface area contributed by atoms with E-state index in [1.165, 1.54) is 0 Å². The molecule has 0 atom stereocenters. The Balaban J connectivity index is 2.91. The molecule has 106 valence electrons. The zero-order valence-corrected chi connectivity index (χ0v) is 9.99. The number of rotatable bonds is 4. The van der Waals surface area contributed by atoms with Crippen LogP contribution in [0.4, 0.5) is 23.7 Å². The summed E-state index contributed by atoms with van der Waals surface area (Å²) >= 11 is 0. The van der Waals surface area contributed by atoms with E-state index >= 15 is 0 Å². The molecular formula is C12H9F3N2O3. The Morgan fingerprint density at radius 2 is 1.95 bits per heavy atom. The number of nitrogens with one attached hydrogen (secondary N) is 1. The van der Waals surface area contributed by atoms with Crippen molar-refractivity contribution >= 4 is 17.7 Å². The zero-order valence-electron chi connectivity index (χ0n) is 9.99. The zero-order chi connectivity index (χ0) is 15.3. The van der Waals surface area contributed by atoms with Crippen molar-refractivity contribution in [3.8, 4) is 12.3 Å². The van der Waals surface area contributed by atoms with Crippen LogP contribution in [0, 0.1) is 29.8 Å². The lowest BCUT2D eigenvalue weighted by Crippen LogP contribution is -2.39. The summed E-state index contributed by atoms with van der Waals surface area (Å²) in [6, 6.07) is 0.382. The second-order valence-corrected chi connectivity index (χ2v) is 3.61. The van der Waals surface area contributed by atoms with E-state index in [1.807, 2.05) is 11.2 Å². The lowest BCUT2D eigenvalue weighted by atomic mass is 10.3. The summed E-state index contributed by atoms with van der Waals surface area (Å²) in [6.45, 7) is -1.06. The highest BCUT2D eigenvalue weighted by Gasteiger charge is 2.19. The van der Waals surface area contributed by atoms with Crippen molar-refractivity contribution in [1.29, 1.82) is 0 Å². The second-order valence-electron chi connectivity index (χ2n) is 3.61. The van der Waals surface area contributed by atoms with Gasteiger partial charge in [-0.15, -0.1) is 6.42 Å². The first-order valence-electron chi connectivity index (χ1n) is 5.21. The third kappa shape index (κ3) is 3.65. The summed E-state index contributed by atoms with van der Waals surface area (Å²) in [5.74, 6) is -4.03. The second kappa shape index (κ2) is 6.47. The van der Waals surface area contributed by atoms with Gasteiger partial charge in [0, 0.05) is 0 Å². The highest BCUT2D eigenvalue weighted by atomic mass is 19.2. The fraction of sp³-hybridized carbons (Fsp3) is 0.167. The SMILES string of the molecule is C#CCN(CC(=O)O)C(=O)Nc1ccc(F)c(F)c1F. The first-order chi connectivity index (χ1) is 9.36. The number of hydrogen-bond donors (Lipinski definition) is 2. The van der Waals surface area contributed by atoms with Gasteiger partial charge in [-0.2, -0.15) is 0 Å². The number of carbonyl (C=O) groups excluding carboxylic acids is 1. The highest BCUT2D eigenvalue weighted by Crippen LogP contribution is 2.19. The van der Waals surface area contributed by atoms with Gasteiger partial charge in [0.15, 0.2) is 17.5 Å². The van der Waals surface area contributed by atoms with Crippen molar-refractivity contribution in [3.05, 3.63) is 29.6 Å². The molecule has 1 rings (SSSR count). The van der Waals surface area contributed by atoms with E-state index in [2.05, 4.69) is 0 Å². The molecule has 1 aromatic rings. The number of aliphatic carboxylic acids is 1. The van der Waals surface area contributed by atoms with Gasteiger partial charge >= 0.3 is 12.0 Å². The normalized spacial score (nSPS) is 9.70. The smallest absolute Gasteiger partial charge is 0.323 e. The molecule has 0 fully saturated rings. The summed E-state index contributed by atoms with van der Waals surface area (Å²) in [7, 11) is 0. The van der Waals surface area contributed by atoms with Crippen molar-refractivity contribution < 1.29 is 27.9 Å². The van der Waals surface area contributed by atoms with E-state index in [1.54, 1.807) is 0 Å². The average Bonchev–Trinajstić information content (AvgIpc) is 2.38. The molecule has 5 nitrogen and oxygen atoms in total. The Labute approximate surface area is 112 Å². The minimum atomic E-state index is -1.75. The Morgan fingerprint density at radius 1 is 1.30 bits per heavy atom. The van der Waals surface area contributed by atoms with Crippen molar-refractivity contribution in [3.63, 3.8) is 0 Å². The Hall–Kier alpha value is -2.69. The van der Waals surface area contributed by atoms with E-state index in [0.717, 1.165) is 6.07 Å². The molecule has 0 saturated carbocycles. The van der Waals surface area contributed by atoms with Gasteiger partial charge in [0.05, 0.1) is 12.2 Å². The van der Waals surface area contributed by atoms with Crippen LogP contribution in [0.3, 0.4) is 0 Å². The minimum absolute atomic E-state index is 0.344. The molecule has 0 saturated heterocycles. The molecule has 0 bridgehead atoms. The molecule has 20 heavy (non-hydrogen) atoms. The van der Waals surface area contributed by atoms with Crippen LogP contribution in [-0.4, -0.2) is 35.1 Å². The number of carboxylic acids is 1. The number of amides is 2. The molecule has 8 heteroatoms. The third-order valence-electron chi connectivity index (χ3n) is 2.17. The summed E-state index contributed by atoms with van der Waals surface area (Å²) in [5.41, 5.74) is -0.624. The molecule has 0 unspecified atom stereocenters. The number of terminal acetylenes is 1. The molecule has 2 N–H and O–H groups in total. The maximum Gasteiger partial charge on any atom is 0.323 e. The van der Waals surface area contributed by atoms with Gasteiger partial charge in [0.25, 0.3) is 0 Å². The van der Waals surface area contributed by atoms with Crippen molar-refractivity contribution in [2.45, 2.75) is 0 Å². The summed E-state index contributed by atoms with van der Waals surface area (Å²) in [4.78, 5) is 22.9. The predicted molar refractivity (Wildman–Crippen MR) is 63.4 cm³/mol. The van der Waals surface area contributed by atoms with Crippen molar-refractivity contribution in [1.82, 2.24) is 4.90 Å². The topological polar surface area (TPSA) is 69.6 Å². The number of halogens is 3. The average molecular weight is 286 g/mol. The maximum atomic E-state index is 13.3. The molecule has 0 aliphatic rings. The van der Waals surface area contributed by atoms with Gasteiger partial charge in [-0.1, -0.05) is 5.92 Å². The van der Waals surface area contributed by atoms with Crippen LogP contribution in [0.2, 0.25) is 0 Å². The lowest BCUT2D eigenvalue weighted by molar-refractivity contribution is -0.137. The van der Waals surface area contributed by atoms with Gasteiger partial charge in [-0.3, -0.25) is 4.79 Å². The number of anilines is 1. The van der Waals surface area contributed by atoms with Crippen LogP contribution in [0.5, 0.6) is 0 Å². The van der Waals surface area contributed by atoms with Crippen LogP contribution in [0.25, 0.3) is 0 Å². The first-order valence-corrected chi connectivity index (χ1v) is 5.21. The van der Waals surface area contributed by atoms with Gasteiger partial charge in [-0.05, 0) is 12.1 Å². The fourth-order valence-corrected chi connectivity index (χ4v) is 1.29. The minimum Gasteiger partial charge on any atom is -0.480 e. The number of carbonyl (C=O) groups is 2. The third-order valence-corrected chi connectivity index (χ3v) is 2.17. The van der Waals surface area contributed by atoms with E-state index in [-0.39, 0.29) is 6.54 Å². The molecule has 0 aromatic heterocycles. The summed E-state index contributed by atoms with van der Waals surface area (Å²) < 4.78 is 39.0. The van der Waals surface area contributed by atoms with E-state index in [0.29, 0.717) is 11.0 Å². The monoisotopic (exact) mass is 286 g/mol. The quantitative estimate of drug-likeness (QED) is 0.653.